The lowest BCUT2D eigenvalue weighted by atomic mass is 10.1. The van der Waals surface area contributed by atoms with Gasteiger partial charge in [0.2, 0.25) is 0 Å². The molecule has 6 atom stereocenters. The fourth-order valence-corrected chi connectivity index (χ4v) is 2.98. The first-order valence-electron chi connectivity index (χ1n) is 5.97. The van der Waals surface area contributed by atoms with Gasteiger partial charge < -0.3 is 28.4 Å². The van der Waals surface area contributed by atoms with Crippen LogP contribution >= 0.6 is 0 Å². The summed E-state index contributed by atoms with van der Waals surface area (Å²) in [6, 6.07) is 0. The highest BCUT2D eigenvalue weighted by Crippen LogP contribution is 2.46. The zero-order valence-electron chi connectivity index (χ0n) is 10.0. The van der Waals surface area contributed by atoms with Gasteiger partial charge >= 0.3 is 0 Å². The Kier molecular flexibility index (Phi) is 1.89. The Bertz CT molecular complexity index is 358. The minimum absolute atomic E-state index is 0.0975. The molecule has 6 nitrogen and oxygen atoms in total. The predicted molar refractivity (Wildman–Crippen MR) is 52.8 cm³/mol. The van der Waals surface area contributed by atoms with Crippen molar-refractivity contribution >= 4 is 0 Å². The van der Waals surface area contributed by atoms with E-state index in [0.717, 1.165) is 0 Å². The number of hydrogen-bond donors (Lipinski definition) is 0. The van der Waals surface area contributed by atoms with E-state index in [1.165, 1.54) is 0 Å². The van der Waals surface area contributed by atoms with Gasteiger partial charge in [-0.05, 0) is 13.8 Å². The minimum Gasteiger partial charge on any atom is -0.341 e. The third-order valence-electron chi connectivity index (χ3n) is 3.62. The molecule has 0 N–H and O–H groups in total. The maximum absolute atomic E-state index is 5.83. The van der Waals surface area contributed by atoms with Crippen molar-refractivity contribution in [1.29, 1.82) is 0 Å². The van der Waals surface area contributed by atoms with Gasteiger partial charge in [0.05, 0.1) is 6.61 Å². The van der Waals surface area contributed by atoms with Crippen molar-refractivity contribution in [1.82, 2.24) is 0 Å². The molecule has 2 bridgehead atoms. The Labute approximate surface area is 99.0 Å². The van der Waals surface area contributed by atoms with Crippen LogP contribution in [0, 0.1) is 0 Å². The molecule has 0 aromatic rings. The van der Waals surface area contributed by atoms with Gasteiger partial charge in [-0.3, -0.25) is 0 Å². The van der Waals surface area contributed by atoms with Gasteiger partial charge in [0.15, 0.2) is 12.1 Å². The van der Waals surface area contributed by atoms with Crippen molar-refractivity contribution < 1.29 is 28.4 Å². The van der Waals surface area contributed by atoms with Crippen LogP contribution in [0.4, 0.5) is 0 Å². The van der Waals surface area contributed by atoms with Gasteiger partial charge in [0, 0.05) is 6.92 Å². The molecule has 4 aliphatic heterocycles. The molecule has 4 saturated heterocycles. The first-order chi connectivity index (χ1) is 7.96. The molecule has 0 radical (unpaired) electrons. The van der Waals surface area contributed by atoms with Crippen LogP contribution in [0.25, 0.3) is 0 Å². The number of hydrogen-bond acceptors (Lipinski definition) is 6. The highest BCUT2D eigenvalue weighted by molar-refractivity contribution is 5.01. The molecule has 1 unspecified atom stereocenters. The fourth-order valence-electron chi connectivity index (χ4n) is 2.98. The smallest absolute Gasteiger partial charge is 0.280 e. The summed E-state index contributed by atoms with van der Waals surface area (Å²) in [6.45, 7) is 6.00. The van der Waals surface area contributed by atoms with E-state index in [1.807, 2.05) is 13.8 Å². The van der Waals surface area contributed by atoms with Gasteiger partial charge in [-0.15, -0.1) is 0 Å². The van der Waals surface area contributed by atoms with E-state index in [9.17, 15) is 0 Å². The molecule has 4 heterocycles. The van der Waals surface area contributed by atoms with Gasteiger partial charge in [-0.2, -0.15) is 0 Å². The third kappa shape index (κ3) is 1.43. The molecule has 96 valence electrons. The molecule has 6 heteroatoms. The molecule has 4 rings (SSSR count). The van der Waals surface area contributed by atoms with Crippen molar-refractivity contribution in [2.75, 3.05) is 6.61 Å². The summed E-state index contributed by atoms with van der Waals surface area (Å²) in [5, 5.41) is 0. The van der Waals surface area contributed by atoms with Gasteiger partial charge in [0.25, 0.3) is 5.97 Å². The lowest BCUT2D eigenvalue weighted by Gasteiger charge is -2.37. The van der Waals surface area contributed by atoms with Crippen LogP contribution in [-0.4, -0.2) is 49.1 Å². The molecule has 0 spiro atoms. The average Bonchev–Trinajstić information content (AvgIpc) is 2.79. The molecule has 0 aromatic heterocycles. The molecule has 0 amide bonds. The first-order valence-corrected chi connectivity index (χ1v) is 5.97. The lowest BCUT2D eigenvalue weighted by Crippen LogP contribution is -2.52. The molecule has 0 aliphatic carbocycles. The summed E-state index contributed by atoms with van der Waals surface area (Å²) in [4.78, 5) is 0. The van der Waals surface area contributed by atoms with Crippen LogP contribution in [0.1, 0.15) is 20.8 Å². The van der Waals surface area contributed by atoms with E-state index in [1.54, 1.807) is 6.92 Å². The molecule has 4 fully saturated rings. The number of fused-ring (bicyclic) bond motifs is 6. The molecular formula is C11H16O6. The molecule has 0 aromatic carbocycles. The molecular weight excluding hydrogens is 228 g/mol. The maximum Gasteiger partial charge on any atom is 0.280 e. The Morgan fingerprint density at radius 3 is 2.53 bits per heavy atom. The average molecular weight is 244 g/mol. The Morgan fingerprint density at radius 1 is 0.882 bits per heavy atom. The fraction of sp³-hybridized carbons (Fsp3) is 1.00. The summed E-state index contributed by atoms with van der Waals surface area (Å²) in [6.07, 6.45) is -1.03. The van der Waals surface area contributed by atoms with E-state index < -0.39 is 11.8 Å². The van der Waals surface area contributed by atoms with Gasteiger partial charge in [0.1, 0.15) is 24.4 Å². The van der Waals surface area contributed by atoms with Crippen molar-refractivity contribution in [3.63, 3.8) is 0 Å². The monoisotopic (exact) mass is 244 g/mol. The number of ether oxygens (including phenoxy) is 6. The quantitative estimate of drug-likeness (QED) is 0.613. The second kappa shape index (κ2) is 3.01. The summed E-state index contributed by atoms with van der Waals surface area (Å²) in [7, 11) is 0. The Morgan fingerprint density at radius 2 is 1.71 bits per heavy atom. The third-order valence-corrected chi connectivity index (χ3v) is 3.62. The summed E-state index contributed by atoms with van der Waals surface area (Å²) >= 11 is 0. The van der Waals surface area contributed by atoms with Crippen LogP contribution in [0.15, 0.2) is 0 Å². The normalized spacial score (nSPS) is 59.1. The second-order valence-corrected chi connectivity index (χ2v) is 5.48. The van der Waals surface area contributed by atoms with Crippen molar-refractivity contribution in [2.45, 2.75) is 63.2 Å². The highest BCUT2D eigenvalue weighted by Gasteiger charge is 2.64. The van der Waals surface area contributed by atoms with Crippen LogP contribution in [0.3, 0.4) is 0 Å². The van der Waals surface area contributed by atoms with E-state index in [-0.39, 0.29) is 30.7 Å². The SMILES string of the molecule is CC1(C)O[C@H]2O[C@H]3[C@H](OC4(C)OC[C@H]3O4)[C@H]2O1. The minimum atomic E-state index is -0.958. The van der Waals surface area contributed by atoms with E-state index in [4.69, 9.17) is 28.4 Å². The van der Waals surface area contributed by atoms with Crippen molar-refractivity contribution in [3.05, 3.63) is 0 Å². The van der Waals surface area contributed by atoms with Crippen LogP contribution in [-0.2, 0) is 28.4 Å². The zero-order valence-corrected chi connectivity index (χ0v) is 10.0. The Balaban J connectivity index is 1.62. The van der Waals surface area contributed by atoms with E-state index >= 15 is 0 Å². The summed E-state index contributed by atoms with van der Waals surface area (Å²) in [5.74, 6) is -1.58. The lowest BCUT2D eigenvalue weighted by molar-refractivity contribution is -0.384. The van der Waals surface area contributed by atoms with E-state index in [0.29, 0.717) is 6.61 Å². The van der Waals surface area contributed by atoms with Gasteiger partial charge in [-0.25, -0.2) is 0 Å². The summed E-state index contributed by atoms with van der Waals surface area (Å²) in [5.41, 5.74) is 0. The van der Waals surface area contributed by atoms with Crippen LogP contribution in [0.2, 0.25) is 0 Å². The molecule has 17 heavy (non-hydrogen) atoms. The Hall–Kier alpha value is -0.240. The van der Waals surface area contributed by atoms with Crippen molar-refractivity contribution in [2.24, 2.45) is 0 Å². The highest BCUT2D eigenvalue weighted by atomic mass is 16.9. The summed E-state index contributed by atoms with van der Waals surface area (Å²) < 4.78 is 34.3. The first kappa shape index (κ1) is 10.7. The second-order valence-electron chi connectivity index (χ2n) is 5.48. The van der Waals surface area contributed by atoms with Crippen LogP contribution in [0.5, 0.6) is 0 Å². The van der Waals surface area contributed by atoms with Crippen LogP contribution < -0.4 is 0 Å². The molecule has 0 saturated carbocycles. The predicted octanol–water partition coefficient (Wildman–Crippen LogP) is 0.351. The molecule has 4 aliphatic rings. The van der Waals surface area contributed by atoms with Gasteiger partial charge in [-0.1, -0.05) is 0 Å². The zero-order chi connectivity index (χ0) is 11.8. The van der Waals surface area contributed by atoms with E-state index in [2.05, 4.69) is 0 Å². The van der Waals surface area contributed by atoms with Crippen molar-refractivity contribution in [3.8, 4) is 0 Å². The number of rotatable bonds is 0. The maximum atomic E-state index is 5.83. The largest absolute Gasteiger partial charge is 0.341 e. The topological polar surface area (TPSA) is 55.4 Å². The standard InChI is InChI=1S/C11H16O6/c1-10(2)15-8-7-6(13-9(8)17-10)5-4-12-11(3,14-5)16-7/h5-9H,4H2,1-3H3/t5-,6-,7+,8-,9-,11?/m1/s1.